The molecule has 0 aliphatic heterocycles. The zero-order valence-corrected chi connectivity index (χ0v) is 11.6. The molecule has 100 valence electrons. The second-order valence-electron chi connectivity index (χ2n) is 4.96. The van der Waals surface area contributed by atoms with Crippen molar-refractivity contribution in [2.45, 2.75) is 39.2 Å². The minimum absolute atomic E-state index is 0.0361. The Labute approximate surface area is 114 Å². The van der Waals surface area contributed by atoms with Gasteiger partial charge in [-0.05, 0) is 22.8 Å². The number of hydrogen-bond acceptors (Lipinski definition) is 1. The van der Waals surface area contributed by atoms with Crippen LogP contribution in [0.2, 0.25) is 0 Å². The Morgan fingerprint density at radius 1 is 1.16 bits per heavy atom. The topological polar surface area (TPSA) is 29.1 Å². The first kappa shape index (κ1) is 13.6. The third-order valence-corrected chi connectivity index (χ3v) is 3.42. The number of rotatable bonds is 5. The van der Waals surface area contributed by atoms with Crippen molar-refractivity contribution in [2.75, 3.05) is 0 Å². The molecule has 0 fully saturated rings. The monoisotopic (exact) mass is 255 g/mol. The van der Waals surface area contributed by atoms with Crippen molar-refractivity contribution in [1.29, 1.82) is 0 Å². The van der Waals surface area contributed by atoms with Crippen molar-refractivity contribution < 1.29 is 4.79 Å². The quantitative estimate of drug-likeness (QED) is 0.852. The molecule has 1 atom stereocenters. The molecule has 0 aromatic heterocycles. The molecule has 1 amide bonds. The van der Waals surface area contributed by atoms with E-state index in [1.54, 1.807) is 6.92 Å². The maximum absolute atomic E-state index is 11.4. The Balaban J connectivity index is 2.39. The van der Waals surface area contributed by atoms with Crippen molar-refractivity contribution in [3.8, 4) is 0 Å². The second kappa shape index (κ2) is 6.37. The Morgan fingerprint density at radius 3 is 2.63 bits per heavy atom. The van der Waals surface area contributed by atoms with E-state index in [1.807, 2.05) is 6.07 Å². The fraction of sp³-hybridized carbons (Fsp3) is 0.353. The summed E-state index contributed by atoms with van der Waals surface area (Å²) in [5.74, 6) is 0.0361. The molecule has 0 bridgehead atoms. The molecule has 0 aliphatic rings. The molecule has 2 nitrogen and oxygen atoms in total. The maximum Gasteiger partial charge on any atom is 0.217 e. The van der Waals surface area contributed by atoms with Gasteiger partial charge in [-0.2, -0.15) is 0 Å². The summed E-state index contributed by atoms with van der Waals surface area (Å²) in [6, 6.07) is 14.8. The van der Waals surface area contributed by atoms with Crippen molar-refractivity contribution in [1.82, 2.24) is 5.32 Å². The van der Waals surface area contributed by atoms with Crippen LogP contribution in [0, 0.1) is 0 Å². The third-order valence-electron chi connectivity index (χ3n) is 3.42. The highest BCUT2D eigenvalue weighted by Crippen LogP contribution is 2.27. The van der Waals surface area contributed by atoms with E-state index >= 15 is 0 Å². The number of amides is 1. The lowest BCUT2D eigenvalue weighted by atomic mass is 9.95. The van der Waals surface area contributed by atoms with Crippen LogP contribution in [0.5, 0.6) is 0 Å². The van der Waals surface area contributed by atoms with Crippen LogP contribution in [-0.2, 0) is 4.79 Å². The lowest BCUT2D eigenvalue weighted by molar-refractivity contribution is -0.119. The fourth-order valence-corrected chi connectivity index (χ4v) is 2.51. The molecule has 0 radical (unpaired) electrons. The SMILES string of the molecule is CCCCC(NC(C)=O)c1cccc2ccccc12. The molecule has 0 saturated heterocycles. The van der Waals surface area contributed by atoms with Crippen LogP contribution >= 0.6 is 0 Å². The summed E-state index contributed by atoms with van der Waals surface area (Å²) < 4.78 is 0. The summed E-state index contributed by atoms with van der Waals surface area (Å²) in [7, 11) is 0. The van der Waals surface area contributed by atoms with Crippen molar-refractivity contribution >= 4 is 16.7 Å². The van der Waals surface area contributed by atoms with E-state index < -0.39 is 0 Å². The van der Waals surface area contributed by atoms with Crippen molar-refractivity contribution in [3.05, 3.63) is 48.0 Å². The standard InChI is InChI=1S/C17H21NO/c1-3-4-12-17(18-13(2)19)16-11-7-9-14-8-5-6-10-15(14)16/h5-11,17H,3-4,12H2,1-2H3,(H,18,19). The highest BCUT2D eigenvalue weighted by Gasteiger charge is 2.14. The number of unbranched alkanes of at least 4 members (excludes halogenated alkanes) is 1. The molecule has 0 saturated carbocycles. The molecule has 19 heavy (non-hydrogen) atoms. The van der Waals surface area contributed by atoms with Crippen LogP contribution in [0.15, 0.2) is 42.5 Å². The van der Waals surface area contributed by atoms with E-state index in [9.17, 15) is 4.79 Å². The minimum Gasteiger partial charge on any atom is -0.350 e. The summed E-state index contributed by atoms with van der Waals surface area (Å²) in [5, 5.41) is 5.55. The number of benzene rings is 2. The third kappa shape index (κ3) is 3.34. The normalized spacial score (nSPS) is 12.3. The molecule has 2 aromatic rings. The number of carbonyl (C=O) groups excluding carboxylic acids is 1. The van der Waals surface area contributed by atoms with E-state index in [-0.39, 0.29) is 11.9 Å². The van der Waals surface area contributed by atoms with Crippen LogP contribution in [0.4, 0.5) is 0 Å². The first-order valence-corrected chi connectivity index (χ1v) is 6.97. The number of hydrogen-bond donors (Lipinski definition) is 1. The van der Waals surface area contributed by atoms with Crippen LogP contribution in [-0.4, -0.2) is 5.91 Å². The van der Waals surface area contributed by atoms with Gasteiger partial charge < -0.3 is 5.32 Å². The van der Waals surface area contributed by atoms with Crippen LogP contribution in [0.1, 0.15) is 44.7 Å². The van der Waals surface area contributed by atoms with Gasteiger partial charge in [0, 0.05) is 6.92 Å². The van der Waals surface area contributed by atoms with Gasteiger partial charge in [0.15, 0.2) is 0 Å². The smallest absolute Gasteiger partial charge is 0.217 e. The average Bonchev–Trinajstić information content (AvgIpc) is 2.42. The first-order valence-electron chi connectivity index (χ1n) is 6.97. The lowest BCUT2D eigenvalue weighted by Crippen LogP contribution is -2.26. The Hall–Kier alpha value is -1.83. The molecular formula is C17H21NO. The number of carbonyl (C=O) groups is 1. The van der Waals surface area contributed by atoms with Crippen LogP contribution < -0.4 is 5.32 Å². The Kier molecular flexibility index (Phi) is 4.56. The van der Waals surface area contributed by atoms with Crippen LogP contribution in [0.25, 0.3) is 10.8 Å². The minimum atomic E-state index is 0.0361. The molecule has 2 aromatic carbocycles. The van der Waals surface area contributed by atoms with Gasteiger partial charge in [0.1, 0.15) is 0 Å². The predicted octanol–water partition coefficient (Wildman–Crippen LogP) is 4.21. The van der Waals surface area contributed by atoms with Gasteiger partial charge in [0.05, 0.1) is 6.04 Å². The average molecular weight is 255 g/mol. The van der Waals surface area contributed by atoms with E-state index in [1.165, 1.54) is 16.3 Å². The van der Waals surface area contributed by atoms with E-state index in [0.29, 0.717) is 0 Å². The highest BCUT2D eigenvalue weighted by atomic mass is 16.1. The van der Waals surface area contributed by atoms with Gasteiger partial charge in [-0.25, -0.2) is 0 Å². The lowest BCUT2D eigenvalue weighted by Gasteiger charge is -2.20. The van der Waals surface area contributed by atoms with Gasteiger partial charge in [-0.15, -0.1) is 0 Å². The number of nitrogens with one attached hydrogen (secondary N) is 1. The summed E-state index contributed by atoms with van der Waals surface area (Å²) in [6.45, 7) is 3.76. The maximum atomic E-state index is 11.4. The van der Waals surface area contributed by atoms with E-state index in [2.05, 4.69) is 48.6 Å². The highest BCUT2D eigenvalue weighted by molar-refractivity contribution is 5.86. The zero-order chi connectivity index (χ0) is 13.7. The zero-order valence-electron chi connectivity index (χ0n) is 11.6. The summed E-state index contributed by atoms with van der Waals surface area (Å²) in [6.07, 6.45) is 3.25. The Bertz CT molecular complexity index is 557. The van der Waals surface area contributed by atoms with Crippen molar-refractivity contribution in [2.24, 2.45) is 0 Å². The van der Waals surface area contributed by atoms with Crippen LogP contribution in [0.3, 0.4) is 0 Å². The number of fused-ring (bicyclic) bond motifs is 1. The van der Waals surface area contributed by atoms with E-state index in [4.69, 9.17) is 0 Å². The molecular weight excluding hydrogens is 234 g/mol. The summed E-state index contributed by atoms with van der Waals surface area (Å²) in [4.78, 5) is 11.4. The fourth-order valence-electron chi connectivity index (χ4n) is 2.51. The van der Waals surface area contributed by atoms with Crippen molar-refractivity contribution in [3.63, 3.8) is 0 Å². The molecule has 1 N–H and O–H groups in total. The van der Waals surface area contributed by atoms with Gasteiger partial charge >= 0.3 is 0 Å². The largest absolute Gasteiger partial charge is 0.350 e. The van der Waals surface area contributed by atoms with Gasteiger partial charge in [-0.3, -0.25) is 4.79 Å². The summed E-state index contributed by atoms with van der Waals surface area (Å²) >= 11 is 0. The van der Waals surface area contributed by atoms with Gasteiger partial charge in [0.25, 0.3) is 0 Å². The first-order chi connectivity index (χ1) is 9.22. The van der Waals surface area contributed by atoms with Gasteiger partial charge in [-0.1, -0.05) is 62.2 Å². The predicted molar refractivity (Wildman–Crippen MR) is 80.0 cm³/mol. The molecule has 2 heteroatoms. The molecule has 0 spiro atoms. The molecule has 1 unspecified atom stereocenters. The summed E-state index contributed by atoms with van der Waals surface area (Å²) in [5.41, 5.74) is 1.22. The molecule has 0 aliphatic carbocycles. The second-order valence-corrected chi connectivity index (χ2v) is 4.96. The molecule has 2 rings (SSSR count). The van der Waals surface area contributed by atoms with E-state index in [0.717, 1.165) is 19.3 Å². The van der Waals surface area contributed by atoms with Gasteiger partial charge in [0.2, 0.25) is 5.91 Å². The Morgan fingerprint density at radius 2 is 1.89 bits per heavy atom. The molecule has 0 heterocycles.